The highest BCUT2D eigenvalue weighted by Crippen LogP contribution is 2.35. The van der Waals surface area contributed by atoms with Gasteiger partial charge in [0, 0.05) is 37.9 Å². The molecule has 0 amide bonds. The first-order chi connectivity index (χ1) is 16.5. The van der Waals surface area contributed by atoms with E-state index in [1.807, 2.05) is 18.2 Å². The van der Waals surface area contributed by atoms with Crippen LogP contribution >= 0.6 is 0 Å². The molecule has 0 radical (unpaired) electrons. The number of aliphatic imine (C=N–C) groups is 1. The Bertz CT molecular complexity index is 1210. The van der Waals surface area contributed by atoms with Crippen molar-refractivity contribution in [1.82, 2.24) is 20.5 Å². The summed E-state index contributed by atoms with van der Waals surface area (Å²) >= 11 is 0. The number of hydrogen-bond donors (Lipinski definition) is 2. The molecular formula is C26H31FN6O. The molecule has 3 aromatic rings. The van der Waals surface area contributed by atoms with Gasteiger partial charge >= 0.3 is 0 Å². The van der Waals surface area contributed by atoms with Crippen molar-refractivity contribution in [2.45, 2.75) is 27.2 Å². The quantitative estimate of drug-likeness (QED) is 0.484. The number of ether oxygens (including phenoxy) is 1. The third-order valence-corrected chi connectivity index (χ3v) is 6.01. The Kier molecular flexibility index (Phi) is 7.37. The van der Waals surface area contributed by atoms with E-state index < -0.39 is 0 Å². The number of methoxy groups -OCH3 is 1. The smallest absolute Gasteiger partial charge is 0.135 e. The van der Waals surface area contributed by atoms with Crippen molar-refractivity contribution >= 4 is 23.3 Å². The van der Waals surface area contributed by atoms with Gasteiger partial charge in [0.25, 0.3) is 0 Å². The predicted molar refractivity (Wildman–Crippen MR) is 136 cm³/mol. The highest BCUT2D eigenvalue weighted by atomic mass is 19.1. The Morgan fingerprint density at radius 3 is 2.76 bits per heavy atom. The van der Waals surface area contributed by atoms with Crippen molar-refractivity contribution in [3.63, 3.8) is 0 Å². The molecule has 3 heterocycles. The molecule has 7 nitrogen and oxygen atoms in total. The van der Waals surface area contributed by atoms with Gasteiger partial charge < -0.3 is 15.0 Å². The molecule has 0 spiro atoms. The van der Waals surface area contributed by atoms with Crippen LogP contribution in [0.1, 0.15) is 38.4 Å². The number of aromatic amines is 1. The minimum absolute atomic E-state index is 0.343. The molecule has 1 fully saturated rings. The van der Waals surface area contributed by atoms with Crippen LogP contribution in [0.15, 0.2) is 47.1 Å². The summed E-state index contributed by atoms with van der Waals surface area (Å²) in [7, 11) is 1.53. The number of halogens is 1. The average molecular weight is 463 g/mol. The summed E-state index contributed by atoms with van der Waals surface area (Å²) in [5, 5.41) is 11.1. The molecule has 2 aromatic heterocycles. The van der Waals surface area contributed by atoms with Crippen LogP contribution in [0.3, 0.4) is 0 Å². The van der Waals surface area contributed by atoms with Crippen molar-refractivity contribution in [3.05, 3.63) is 59.2 Å². The van der Waals surface area contributed by atoms with Crippen molar-refractivity contribution in [3.8, 4) is 17.0 Å². The van der Waals surface area contributed by atoms with Crippen LogP contribution in [0.25, 0.3) is 17.3 Å². The van der Waals surface area contributed by atoms with E-state index in [4.69, 9.17) is 9.73 Å². The van der Waals surface area contributed by atoms with Crippen LogP contribution < -0.4 is 15.0 Å². The SMILES string of the molecule is CC/C(C)=C/c1[nH]nc(-c2ccnc(N3CCNCC3)c2)c1N=C(C)c1c(F)cccc1OC. The van der Waals surface area contributed by atoms with Crippen molar-refractivity contribution in [1.29, 1.82) is 0 Å². The number of hydrogen-bond acceptors (Lipinski definition) is 6. The number of H-pyrrole nitrogens is 1. The molecule has 8 heteroatoms. The first kappa shape index (κ1) is 23.6. The zero-order valence-electron chi connectivity index (χ0n) is 20.2. The lowest BCUT2D eigenvalue weighted by molar-refractivity contribution is 0.410. The number of rotatable bonds is 7. The van der Waals surface area contributed by atoms with Gasteiger partial charge in [-0.25, -0.2) is 14.4 Å². The summed E-state index contributed by atoms with van der Waals surface area (Å²) < 4.78 is 20.2. The summed E-state index contributed by atoms with van der Waals surface area (Å²) in [6.45, 7) is 9.61. The van der Waals surface area contributed by atoms with E-state index in [0.29, 0.717) is 28.4 Å². The van der Waals surface area contributed by atoms with Crippen molar-refractivity contribution in [2.24, 2.45) is 4.99 Å². The van der Waals surface area contributed by atoms with Crippen molar-refractivity contribution in [2.75, 3.05) is 38.2 Å². The second-order valence-electron chi connectivity index (χ2n) is 8.33. The number of nitrogens with one attached hydrogen (secondary N) is 2. The number of pyridine rings is 1. The van der Waals surface area contributed by atoms with Gasteiger partial charge in [-0.3, -0.25) is 5.10 Å². The van der Waals surface area contributed by atoms with Gasteiger partial charge in [0.1, 0.15) is 28.8 Å². The molecule has 0 saturated carbocycles. The Hall–Kier alpha value is -3.52. The van der Waals surface area contributed by atoms with Gasteiger partial charge in [0.15, 0.2) is 0 Å². The largest absolute Gasteiger partial charge is 0.496 e. The maximum absolute atomic E-state index is 14.7. The molecule has 178 valence electrons. The molecule has 0 bridgehead atoms. The molecule has 0 atom stereocenters. The molecule has 0 aliphatic carbocycles. The highest BCUT2D eigenvalue weighted by molar-refractivity contribution is 6.04. The number of allylic oxidation sites excluding steroid dienone is 1. The van der Waals surface area contributed by atoms with E-state index in [2.05, 4.69) is 39.2 Å². The Morgan fingerprint density at radius 1 is 1.24 bits per heavy atom. The van der Waals surface area contributed by atoms with Crippen LogP contribution in [0.2, 0.25) is 0 Å². The summed E-state index contributed by atoms with van der Waals surface area (Å²) in [6.07, 6.45) is 4.74. The van der Waals surface area contributed by atoms with Gasteiger partial charge in [-0.05, 0) is 50.6 Å². The number of benzene rings is 1. The third kappa shape index (κ3) is 5.02. The van der Waals surface area contributed by atoms with Crippen LogP contribution in [0.4, 0.5) is 15.9 Å². The minimum atomic E-state index is -0.377. The maximum atomic E-state index is 14.7. The fraction of sp³-hybridized carbons (Fsp3) is 0.346. The molecule has 34 heavy (non-hydrogen) atoms. The van der Waals surface area contributed by atoms with Gasteiger partial charge in [-0.15, -0.1) is 0 Å². The topological polar surface area (TPSA) is 78.4 Å². The molecule has 1 saturated heterocycles. The first-order valence-electron chi connectivity index (χ1n) is 11.6. The zero-order valence-corrected chi connectivity index (χ0v) is 20.2. The summed E-state index contributed by atoms with van der Waals surface area (Å²) in [4.78, 5) is 11.7. The minimum Gasteiger partial charge on any atom is -0.496 e. The van der Waals surface area contributed by atoms with Gasteiger partial charge in [-0.2, -0.15) is 5.10 Å². The van der Waals surface area contributed by atoms with Gasteiger partial charge in [-0.1, -0.05) is 18.6 Å². The number of anilines is 1. The average Bonchev–Trinajstić information content (AvgIpc) is 3.25. The van der Waals surface area contributed by atoms with Gasteiger partial charge in [0.05, 0.1) is 24.1 Å². The monoisotopic (exact) mass is 462 g/mol. The van der Waals surface area contributed by atoms with E-state index >= 15 is 0 Å². The van der Waals surface area contributed by atoms with Crippen LogP contribution in [-0.4, -0.2) is 54.2 Å². The normalized spacial score (nSPS) is 15.0. The molecule has 1 aromatic carbocycles. The first-order valence-corrected chi connectivity index (χ1v) is 11.6. The van der Waals surface area contributed by atoms with E-state index in [-0.39, 0.29) is 5.82 Å². The standard InChI is InChI=1S/C26H31FN6O/c1-5-17(2)15-21-26(30-18(3)24-20(27)7-6-8-22(24)34-4)25(32-31-21)19-9-10-29-23(16-19)33-13-11-28-12-14-33/h6-10,15-16,28H,5,11-14H2,1-4H3,(H,31,32)/b17-15+,30-18?. The molecular weight excluding hydrogens is 431 g/mol. The number of aromatic nitrogens is 3. The second-order valence-corrected chi connectivity index (χ2v) is 8.33. The van der Waals surface area contributed by atoms with E-state index in [0.717, 1.165) is 49.7 Å². The molecule has 0 unspecified atom stereocenters. The van der Waals surface area contributed by atoms with Crippen LogP contribution in [-0.2, 0) is 0 Å². The van der Waals surface area contributed by atoms with Crippen LogP contribution in [0, 0.1) is 5.82 Å². The van der Waals surface area contributed by atoms with Gasteiger partial charge in [0.2, 0.25) is 0 Å². The summed E-state index contributed by atoms with van der Waals surface area (Å²) in [5.41, 5.74) is 5.08. The molecule has 1 aliphatic heterocycles. The fourth-order valence-corrected chi connectivity index (χ4v) is 3.99. The number of piperazine rings is 1. The second kappa shape index (κ2) is 10.6. The lowest BCUT2D eigenvalue weighted by Crippen LogP contribution is -2.43. The molecule has 4 rings (SSSR count). The molecule has 2 N–H and O–H groups in total. The Balaban J connectivity index is 1.83. The third-order valence-electron chi connectivity index (χ3n) is 6.01. The van der Waals surface area contributed by atoms with E-state index in [1.54, 1.807) is 25.3 Å². The Labute approximate surface area is 199 Å². The van der Waals surface area contributed by atoms with E-state index in [1.165, 1.54) is 18.7 Å². The number of nitrogens with zero attached hydrogens (tertiary/aromatic N) is 4. The Morgan fingerprint density at radius 2 is 2.03 bits per heavy atom. The lowest BCUT2D eigenvalue weighted by Gasteiger charge is -2.28. The highest BCUT2D eigenvalue weighted by Gasteiger charge is 2.19. The molecule has 1 aliphatic rings. The fourth-order valence-electron chi connectivity index (χ4n) is 3.99. The summed E-state index contributed by atoms with van der Waals surface area (Å²) in [5.74, 6) is 0.974. The zero-order chi connectivity index (χ0) is 24.1. The summed E-state index contributed by atoms with van der Waals surface area (Å²) in [6, 6.07) is 8.75. The van der Waals surface area contributed by atoms with Crippen molar-refractivity contribution < 1.29 is 9.13 Å². The predicted octanol–water partition coefficient (Wildman–Crippen LogP) is 4.98. The van der Waals surface area contributed by atoms with E-state index in [9.17, 15) is 4.39 Å². The van der Waals surface area contributed by atoms with Crippen LogP contribution in [0.5, 0.6) is 5.75 Å². The maximum Gasteiger partial charge on any atom is 0.135 e. The lowest BCUT2D eigenvalue weighted by atomic mass is 10.1.